The molecule has 2 aromatic heterocycles. The number of rotatable bonds is 7. The van der Waals surface area contributed by atoms with Crippen molar-refractivity contribution < 1.29 is 5.11 Å². The highest BCUT2D eigenvalue weighted by atomic mass is 16.3. The van der Waals surface area contributed by atoms with Crippen molar-refractivity contribution in [3.63, 3.8) is 0 Å². The van der Waals surface area contributed by atoms with Gasteiger partial charge in [0.15, 0.2) is 0 Å². The van der Waals surface area contributed by atoms with Crippen LogP contribution in [-0.2, 0) is 6.42 Å². The van der Waals surface area contributed by atoms with Crippen LogP contribution in [0.3, 0.4) is 0 Å². The minimum Gasteiger partial charge on any atom is -0.394 e. The maximum absolute atomic E-state index is 9.35. The molecule has 0 bridgehead atoms. The minimum absolute atomic E-state index is 0.00336. The first-order valence-electron chi connectivity index (χ1n) is 9.13. The van der Waals surface area contributed by atoms with Crippen LogP contribution in [0.15, 0.2) is 48.8 Å². The Labute approximate surface area is 159 Å². The zero-order valence-electron chi connectivity index (χ0n) is 15.9. The topological polar surface area (TPSA) is 83.0 Å². The van der Waals surface area contributed by atoms with Gasteiger partial charge in [0.1, 0.15) is 5.82 Å². The van der Waals surface area contributed by atoms with E-state index >= 15 is 0 Å². The number of benzene rings is 1. The van der Waals surface area contributed by atoms with Crippen LogP contribution < -0.4 is 10.6 Å². The SMILES string of the molecule is CCc1cccc(C)c1Nc1cc(-c2ccncc2)nc(N[C@H](C)CO)n1. The van der Waals surface area contributed by atoms with Gasteiger partial charge < -0.3 is 15.7 Å². The summed E-state index contributed by atoms with van der Waals surface area (Å²) in [5.41, 5.74) is 5.21. The highest BCUT2D eigenvalue weighted by Crippen LogP contribution is 2.27. The second kappa shape index (κ2) is 8.60. The molecule has 0 spiro atoms. The van der Waals surface area contributed by atoms with E-state index in [1.54, 1.807) is 12.4 Å². The van der Waals surface area contributed by atoms with Crippen LogP contribution in [0.4, 0.5) is 17.5 Å². The van der Waals surface area contributed by atoms with Gasteiger partial charge in [-0.2, -0.15) is 4.98 Å². The van der Waals surface area contributed by atoms with Crippen LogP contribution in [0, 0.1) is 6.92 Å². The van der Waals surface area contributed by atoms with Gasteiger partial charge in [-0.15, -0.1) is 0 Å². The third-order valence-corrected chi connectivity index (χ3v) is 4.34. The Hall–Kier alpha value is -2.99. The molecule has 0 saturated carbocycles. The molecule has 3 N–H and O–H groups in total. The molecule has 1 atom stereocenters. The van der Waals surface area contributed by atoms with Crippen molar-refractivity contribution in [3.05, 3.63) is 59.9 Å². The van der Waals surface area contributed by atoms with Crippen LogP contribution in [0.1, 0.15) is 25.0 Å². The van der Waals surface area contributed by atoms with E-state index in [4.69, 9.17) is 0 Å². The van der Waals surface area contributed by atoms with Gasteiger partial charge in [0, 0.05) is 35.8 Å². The smallest absolute Gasteiger partial charge is 0.225 e. The predicted octanol–water partition coefficient (Wildman–Crippen LogP) is 3.95. The van der Waals surface area contributed by atoms with Crippen molar-refractivity contribution in [1.82, 2.24) is 15.0 Å². The number of hydrogen-bond acceptors (Lipinski definition) is 6. The number of anilines is 3. The van der Waals surface area contributed by atoms with E-state index in [9.17, 15) is 5.11 Å². The maximum atomic E-state index is 9.35. The van der Waals surface area contributed by atoms with Crippen molar-refractivity contribution in [1.29, 1.82) is 0 Å². The third-order valence-electron chi connectivity index (χ3n) is 4.34. The molecule has 140 valence electrons. The summed E-state index contributed by atoms with van der Waals surface area (Å²) in [6, 6.07) is 11.9. The molecule has 1 aromatic carbocycles. The van der Waals surface area contributed by atoms with Crippen LogP contribution in [0.5, 0.6) is 0 Å². The normalized spacial score (nSPS) is 11.9. The molecule has 0 unspecified atom stereocenters. The van der Waals surface area contributed by atoms with E-state index in [2.05, 4.69) is 57.6 Å². The van der Waals surface area contributed by atoms with Gasteiger partial charge in [-0.05, 0) is 43.5 Å². The Morgan fingerprint density at radius 1 is 1.11 bits per heavy atom. The van der Waals surface area contributed by atoms with Crippen molar-refractivity contribution in [2.75, 3.05) is 17.2 Å². The quantitative estimate of drug-likeness (QED) is 0.590. The van der Waals surface area contributed by atoms with Crippen molar-refractivity contribution in [2.45, 2.75) is 33.2 Å². The highest BCUT2D eigenvalue weighted by molar-refractivity contribution is 5.70. The molecule has 2 heterocycles. The second-order valence-electron chi connectivity index (χ2n) is 6.51. The van der Waals surface area contributed by atoms with E-state index in [0.29, 0.717) is 11.8 Å². The number of para-hydroxylation sites is 1. The van der Waals surface area contributed by atoms with E-state index in [1.165, 1.54) is 5.56 Å². The third kappa shape index (κ3) is 4.60. The van der Waals surface area contributed by atoms with Crippen LogP contribution in [0.2, 0.25) is 0 Å². The van der Waals surface area contributed by atoms with Crippen LogP contribution in [-0.4, -0.2) is 32.7 Å². The Morgan fingerprint density at radius 2 is 1.89 bits per heavy atom. The number of nitrogens with one attached hydrogen (secondary N) is 2. The molecule has 0 aliphatic heterocycles. The predicted molar refractivity (Wildman–Crippen MR) is 109 cm³/mol. The average molecular weight is 363 g/mol. The molecule has 3 aromatic rings. The average Bonchev–Trinajstić information content (AvgIpc) is 2.70. The number of aromatic nitrogens is 3. The summed E-state index contributed by atoms with van der Waals surface area (Å²) in [6.07, 6.45) is 4.41. The zero-order valence-corrected chi connectivity index (χ0v) is 15.9. The molecule has 0 aliphatic carbocycles. The first kappa shape index (κ1) is 18.8. The summed E-state index contributed by atoms with van der Waals surface area (Å²) in [5, 5.41) is 16.0. The fourth-order valence-electron chi connectivity index (χ4n) is 2.84. The lowest BCUT2D eigenvalue weighted by Gasteiger charge is -2.16. The number of aliphatic hydroxyl groups excluding tert-OH is 1. The standard InChI is InChI=1S/C21H25N5O/c1-4-16-7-5-6-14(2)20(16)25-19-12-18(17-8-10-22-11-9-17)24-21(26-19)23-15(3)13-27/h5-12,15,27H,4,13H2,1-3H3,(H2,23,24,25,26)/t15-/m1/s1. The molecular weight excluding hydrogens is 338 g/mol. The zero-order chi connectivity index (χ0) is 19.2. The molecule has 3 rings (SSSR count). The molecular formula is C21H25N5O. The molecule has 6 heteroatoms. The summed E-state index contributed by atoms with van der Waals surface area (Å²) in [7, 11) is 0. The lowest BCUT2D eigenvalue weighted by Crippen LogP contribution is -2.21. The fourth-order valence-corrected chi connectivity index (χ4v) is 2.84. The molecule has 27 heavy (non-hydrogen) atoms. The lowest BCUT2D eigenvalue weighted by atomic mass is 10.1. The largest absolute Gasteiger partial charge is 0.394 e. The Bertz CT molecular complexity index is 898. The van der Waals surface area contributed by atoms with Gasteiger partial charge in [0.05, 0.1) is 12.3 Å². The molecule has 0 radical (unpaired) electrons. The van der Waals surface area contributed by atoms with E-state index in [-0.39, 0.29) is 12.6 Å². The van der Waals surface area contributed by atoms with Crippen LogP contribution >= 0.6 is 0 Å². The maximum Gasteiger partial charge on any atom is 0.225 e. The lowest BCUT2D eigenvalue weighted by molar-refractivity contribution is 0.281. The van der Waals surface area contributed by atoms with Gasteiger partial charge in [-0.3, -0.25) is 4.98 Å². The summed E-state index contributed by atoms with van der Waals surface area (Å²) >= 11 is 0. The first-order chi connectivity index (χ1) is 13.1. The highest BCUT2D eigenvalue weighted by Gasteiger charge is 2.11. The second-order valence-corrected chi connectivity index (χ2v) is 6.51. The number of aryl methyl sites for hydroxylation is 2. The Balaban J connectivity index is 2.03. The Morgan fingerprint density at radius 3 is 2.59 bits per heavy atom. The fraction of sp³-hybridized carbons (Fsp3) is 0.286. The monoisotopic (exact) mass is 363 g/mol. The molecule has 0 aliphatic rings. The minimum atomic E-state index is -0.143. The van der Waals surface area contributed by atoms with Crippen molar-refractivity contribution in [2.24, 2.45) is 0 Å². The van der Waals surface area contributed by atoms with Gasteiger partial charge in [0.2, 0.25) is 5.95 Å². The molecule has 6 nitrogen and oxygen atoms in total. The molecule has 0 saturated heterocycles. The number of pyridine rings is 1. The summed E-state index contributed by atoms with van der Waals surface area (Å²) in [6.45, 7) is 6.10. The van der Waals surface area contributed by atoms with Gasteiger partial charge in [0.25, 0.3) is 0 Å². The Kier molecular flexibility index (Phi) is 5.98. The summed E-state index contributed by atoms with van der Waals surface area (Å²) in [5.74, 6) is 1.17. The number of hydrogen-bond donors (Lipinski definition) is 3. The van der Waals surface area contributed by atoms with Gasteiger partial charge in [-0.1, -0.05) is 25.1 Å². The molecule has 0 fully saturated rings. The van der Waals surface area contributed by atoms with E-state index in [0.717, 1.165) is 28.9 Å². The van der Waals surface area contributed by atoms with Crippen LogP contribution in [0.25, 0.3) is 11.3 Å². The first-order valence-corrected chi connectivity index (χ1v) is 9.13. The summed E-state index contributed by atoms with van der Waals surface area (Å²) in [4.78, 5) is 13.3. The van der Waals surface area contributed by atoms with E-state index < -0.39 is 0 Å². The number of nitrogens with zero attached hydrogens (tertiary/aromatic N) is 3. The van der Waals surface area contributed by atoms with Gasteiger partial charge >= 0.3 is 0 Å². The number of aliphatic hydroxyl groups is 1. The van der Waals surface area contributed by atoms with Gasteiger partial charge in [-0.25, -0.2) is 4.98 Å². The van der Waals surface area contributed by atoms with Crippen molar-refractivity contribution in [3.8, 4) is 11.3 Å². The molecule has 0 amide bonds. The van der Waals surface area contributed by atoms with Crippen molar-refractivity contribution >= 4 is 17.5 Å². The van der Waals surface area contributed by atoms with E-state index in [1.807, 2.05) is 25.1 Å². The summed E-state index contributed by atoms with van der Waals surface area (Å²) < 4.78 is 0.